The highest BCUT2D eigenvalue weighted by molar-refractivity contribution is 5.94. The van der Waals surface area contributed by atoms with E-state index in [-0.39, 0.29) is 0 Å². The van der Waals surface area contributed by atoms with Crippen molar-refractivity contribution in [2.75, 3.05) is 13.2 Å². The van der Waals surface area contributed by atoms with Crippen molar-refractivity contribution < 1.29 is 19.1 Å². The molecule has 0 aliphatic heterocycles. The summed E-state index contributed by atoms with van der Waals surface area (Å²) in [7, 11) is 0. The van der Waals surface area contributed by atoms with Crippen LogP contribution in [0, 0.1) is 17.8 Å². The zero-order valence-corrected chi connectivity index (χ0v) is 15.1. The van der Waals surface area contributed by atoms with Crippen LogP contribution in [0.1, 0.15) is 78.6 Å². The third-order valence-corrected chi connectivity index (χ3v) is 4.89. The largest absolute Gasteiger partial charge is 0.465 e. The lowest BCUT2D eigenvalue weighted by Crippen LogP contribution is -2.31. The van der Waals surface area contributed by atoms with Gasteiger partial charge in [0.1, 0.15) is 0 Å². The zero-order chi connectivity index (χ0) is 17.1. The van der Waals surface area contributed by atoms with Crippen LogP contribution in [-0.4, -0.2) is 25.2 Å². The fourth-order valence-corrected chi connectivity index (χ4v) is 3.55. The second-order valence-electron chi connectivity index (χ2n) is 6.67. The van der Waals surface area contributed by atoms with Crippen LogP contribution in [0.4, 0.5) is 0 Å². The predicted molar refractivity (Wildman–Crippen MR) is 91.0 cm³/mol. The molecule has 0 spiro atoms. The molecular weight excluding hydrogens is 292 g/mol. The average Bonchev–Trinajstić information content (AvgIpc) is 2.54. The lowest BCUT2D eigenvalue weighted by molar-refractivity contribution is -0.162. The summed E-state index contributed by atoms with van der Waals surface area (Å²) >= 11 is 0. The van der Waals surface area contributed by atoms with Gasteiger partial charge in [-0.25, -0.2) is 0 Å². The van der Waals surface area contributed by atoms with Gasteiger partial charge in [0, 0.05) is 0 Å². The quantitative estimate of drug-likeness (QED) is 0.337. The van der Waals surface area contributed by atoms with E-state index in [2.05, 4.69) is 6.92 Å². The van der Waals surface area contributed by atoms with Gasteiger partial charge in [-0.15, -0.1) is 0 Å². The molecule has 1 fully saturated rings. The maximum Gasteiger partial charge on any atom is 0.320 e. The highest BCUT2D eigenvalue weighted by Crippen LogP contribution is 2.35. The van der Waals surface area contributed by atoms with Crippen LogP contribution in [0.5, 0.6) is 0 Å². The summed E-state index contributed by atoms with van der Waals surface area (Å²) in [6.45, 7) is 6.38. The van der Waals surface area contributed by atoms with Crippen molar-refractivity contribution in [3.8, 4) is 0 Å². The number of unbranched alkanes of at least 4 members (excludes halogenated alkanes) is 2. The Morgan fingerprint density at radius 3 is 1.87 bits per heavy atom. The Hall–Kier alpha value is -1.06. The van der Waals surface area contributed by atoms with Crippen LogP contribution in [0.15, 0.2) is 0 Å². The van der Waals surface area contributed by atoms with Crippen molar-refractivity contribution in [3.05, 3.63) is 0 Å². The monoisotopic (exact) mass is 326 g/mol. The molecule has 23 heavy (non-hydrogen) atoms. The van der Waals surface area contributed by atoms with Crippen LogP contribution in [0.3, 0.4) is 0 Å². The summed E-state index contributed by atoms with van der Waals surface area (Å²) in [5.41, 5.74) is 0. The van der Waals surface area contributed by atoms with E-state index in [1.165, 1.54) is 38.5 Å². The topological polar surface area (TPSA) is 52.6 Å². The highest BCUT2D eigenvalue weighted by atomic mass is 16.6. The fourth-order valence-electron chi connectivity index (χ4n) is 3.55. The number of rotatable bonds is 10. The van der Waals surface area contributed by atoms with Gasteiger partial charge in [0.2, 0.25) is 0 Å². The van der Waals surface area contributed by atoms with Crippen molar-refractivity contribution in [1.82, 2.24) is 0 Å². The molecule has 0 aromatic carbocycles. The summed E-state index contributed by atoms with van der Waals surface area (Å²) in [5.74, 6) is -0.304. The van der Waals surface area contributed by atoms with Crippen molar-refractivity contribution in [2.24, 2.45) is 17.8 Å². The predicted octanol–water partition coefficient (Wildman–Crippen LogP) is 4.51. The van der Waals surface area contributed by atoms with E-state index < -0.39 is 17.9 Å². The van der Waals surface area contributed by atoms with Gasteiger partial charge in [0.05, 0.1) is 13.2 Å². The second-order valence-corrected chi connectivity index (χ2v) is 6.67. The maximum absolute atomic E-state index is 12.0. The van der Waals surface area contributed by atoms with E-state index in [1.807, 2.05) is 0 Å². The van der Waals surface area contributed by atoms with Crippen LogP contribution < -0.4 is 0 Å². The molecule has 0 aromatic heterocycles. The Morgan fingerprint density at radius 2 is 1.39 bits per heavy atom. The molecule has 1 saturated carbocycles. The molecule has 0 bridgehead atoms. The Labute approximate surface area is 141 Å². The molecule has 134 valence electrons. The van der Waals surface area contributed by atoms with Gasteiger partial charge in [-0.05, 0) is 32.1 Å². The molecule has 0 N–H and O–H groups in total. The first kappa shape index (κ1) is 20.0. The Bertz CT molecular complexity index is 327. The molecule has 1 rings (SSSR count). The van der Waals surface area contributed by atoms with E-state index >= 15 is 0 Å². The minimum atomic E-state index is -0.739. The lowest BCUT2D eigenvalue weighted by atomic mass is 9.76. The van der Waals surface area contributed by atoms with Gasteiger partial charge in [0.25, 0.3) is 0 Å². The van der Waals surface area contributed by atoms with Crippen LogP contribution >= 0.6 is 0 Å². The molecule has 1 aliphatic carbocycles. The average molecular weight is 326 g/mol. The van der Waals surface area contributed by atoms with Crippen LogP contribution in [0.2, 0.25) is 0 Å². The third kappa shape index (κ3) is 7.36. The minimum Gasteiger partial charge on any atom is -0.465 e. The molecule has 4 nitrogen and oxygen atoms in total. The van der Waals surface area contributed by atoms with E-state index in [1.54, 1.807) is 13.8 Å². The first-order valence-electron chi connectivity index (χ1n) is 9.45. The van der Waals surface area contributed by atoms with E-state index in [0.29, 0.717) is 25.6 Å². The van der Waals surface area contributed by atoms with Gasteiger partial charge in [0.15, 0.2) is 5.92 Å². The zero-order valence-electron chi connectivity index (χ0n) is 15.1. The summed E-state index contributed by atoms with van der Waals surface area (Å²) < 4.78 is 10.1. The van der Waals surface area contributed by atoms with E-state index in [0.717, 1.165) is 18.8 Å². The number of hydrogen-bond acceptors (Lipinski definition) is 4. The molecule has 0 saturated heterocycles. The molecule has 0 radical (unpaired) electrons. The highest BCUT2D eigenvalue weighted by Gasteiger charge is 2.33. The Kier molecular flexibility index (Phi) is 9.97. The van der Waals surface area contributed by atoms with Gasteiger partial charge in [-0.2, -0.15) is 0 Å². The van der Waals surface area contributed by atoms with Gasteiger partial charge >= 0.3 is 11.9 Å². The van der Waals surface area contributed by atoms with Crippen molar-refractivity contribution in [1.29, 1.82) is 0 Å². The number of esters is 2. The number of carbonyl (C=O) groups is 2. The summed E-state index contributed by atoms with van der Waals surface area (Å²) in [4.78, 5) is 24.1. The van der Waals surface area contributed by atoms with E-state index in [4.69, 9.17) is 9.47 Å². The lowest BCUT2D eigenvalue weighted by Gasteiger charge is -2.30. The maximum atomic E-state index is 12.0. The number of hydrogen-bond donors (Lipinski definition) is 0. The van der Waals surface area contributed by atoms with Gasteiger partial charge in [-0.3, -0.25) is 9.59 Å². The summed E-state index contributed by atoms with van der Waals surface area (Å²) in [6, 6.07) is 0. The van der Waals surface area contributed by atoms with Crippen molar-refractivity contribution >= 4 is 11.9 Å². The molecule has 4 heteroatoms. The molecule has 0 amide bonds. The number of ether oxygens (including phenoxy) is 2. The Morgan fingerprint density at radius 1 is 0.870 bits per heavy atom. The number of carbonyl (C=O) groups excluding carboxylic acids is 2. The minimum absolute atomic E-state index is 0.304. The summed E-state index contributed by atoms with van der Waals surface area (Å²) in [6.07, 6.45) is 10.5. The molecule has 0 heterocycles. The van der Waals surface area contributed by atoms with Gasteiger partial charge < -0.3 is 9.47 Å². The molecule has 0 atom stereocenters. The normalized spacial score (nSPS) is 21.2. The van der Waals surface area contributed by atoms with Crippen molar-refractivity contribution in [2.45, 2.75) is 78.6 Å². The Balaban J connectivity index is 2.44. The van der Waals surface area contributed by atoms with Gasteiger partial charge in [-0.1, -0.05) is 58.3 Å². The molecule has 0 unspecified atom stereocenters. The SMILES string of the molecule is CCCCCC1CCC(CC(C(=O)OCC)C(=O)OCC)CC1. The van der Waals surface area contributed by atoms with Crippen LogP contribution in [0.25, 0.3) is 0 Å². The molecule has 1 aliphatic rings. The van der Waals surface area contributed by atoms with Crippen LogP contribution in [-0.2, 0) is 19.1 Å². The smallest absolute Gasteiger partial charge is 0.320 e. The first-order valence-corrected chi connectivity index (χ1v) is 9.45. The fraction of sp³-hybridized carbons (Fsp3) is 0.895. The van der Waals surface area contributed by atoms with Crippen molar-refractivity contribution in [3.63, 3.8) is 0 Å². The molecule has 0 aromatic rings. The summed E-state index contributed by atoms with van der Waals surface area (Å²) in [5, 5.41) is 0. The second kappa shape index (κ2) is 11.5. The first-order chi connectivity index (χ1) is 11.1. The standard InChI is InChI=1S/C19H34O4/c1-4-7-8-9-15-10-12-16(13-11-15)14-17(18(20)22-5-2)19(21)23-6-3/h15-17H,4-14H2,1-3H3. The van der Waals surface area contributed by atoms with E-state index in [9.17, 15) is 9.59 Å². The third-order valence-electron chi connectivity index (χ3n) is 4.89. The molecular formula is C19H34O4.